The van der Waals surface area contributed by atoms with Crippen molar-refractivity contribution in [3.05, 3.63) is 54.6 Å². The first-order valence-electron chi connectivity index (χ1n) is 6.87. The van der Waals surface area contributed by atoms with Gasteiger partial charge in [-0.3, -0.25) is 9.52 Å². The largest absolute Gasteiger partial charge is 0.326 e. The van der Waals surface area contributed by atoms with Gasteiger partial charge in [0.25, 0.3) is 10.0 Å². The van der Waals surface area contributed by atoms with Crippen molar-refractivity contribution >= 4 is 27.3 Å². The van der Waals surface area contributed by atoms with Gasteiger partial charge in [-0.1, -0.05) is 32.0 Å². The minimum absolute atomic E-state index is 0.113. The van der Waals surface area contributed by atoms with Gasteiger partial charge in [-0.2, -0.15) is 0 Å². The highest BCUT2D eigenvalue weighted by atomic mass is 32.2. The van der Waals surface area contributed by atoms with E-state index in [1.54, 1.807) is 50.2 Å². The van der Waals surface area contributed by atoms with Crippen molar-refractivity contribution < 1.29 is 13.2 Å². The summed E-state index contributed by atoms with van der Waals surface area (Å²) in [6, 6.07) is 14.7. The van der Waals surface area contributed by atoms with Crippen LogP contribution in [0.25, 0.3) is 0 Å². The fourth-order valence-corrected chi connectivity index (χ4v) is 2.78. The van der Waals surface area contributed by atoms with Gasteiger partial charge in [-0.15, -0.1) is 0 Å². The maximum Gasteiger partial charge on any atom is 0.261 e. The van der Waals surface area contributed by atoms with Gasteiger partial charge in [0, 0.05) is 17.3 Å². The molecule has 0 aromatic heterocycles. The third-order valence-electron chi connectivity index (χ3n) is 2.98. The fraction of sp³-hybridized carbons (Fsp3) is 0.188. The Kier molecular flexibility index (Phi) is 4.82. The Balaban J connectivity index is 2.14. The second-order valence-electron chi connectivity index (χ2n) is 5.14. The highest BCUT2D eigenvalue weighted by Gasteiger charge is 2.14. The summed E-state index contributed by atoms with van der Waals surface area (Å²) in [5, 5.41) is 2.72. The number of amides is 1. The lowest BCUT2D eigenvalue weighted by Gasteiger charge is -2.10. The number of rotatable bonds is 5. The Morgan fingerprint density at radius 3 is 2.05 bits per heavy atom. The number of carbonyl (C=O) groups is 1. The molecule has 0 spiro atoms. The van der Waals surface area contributed by atoms with E-state index in [1.807, 2.05) is 6.07 Å². The molecule has 0 heterocycles. The van der Waals surface area contributed by atoms with Crippen LogP contribution in [0.2, 0.25) is 0 Å². The Morgan fingerprint density at radius 1 is 0.909 bits per heavy atom. The number of sulfonamides is 1. The molecule has 2 aromatic rings. The average Bonchev–Trinajstić information content (AvgIpc) is 2.48. The normalized spacial score (nSPS) is 11.2. The van der Waals surface area contributed by atoms with Crippen molar-refractivity contribution in [1.82, 2.24) is 0 Å². The van der Waals surface area contributed by atoms with Crippen molar-refractivity contribution in [3.8, 4) is 0 Å². The number of carbonyl (C=O) groups excluding carboxylic acids is 1. The summed E-state index contributed by atoms with van der Waals surface area (Å²) in [7, 11) is -3.64. The molecule has 0 unspecified atom stereocenters. The van der Waals surface area contributed by atoms with Crippen LogP contribution in [-0.4, -0.2) is 14.3 Å². The first-order valence-corrected chi connectivity index (χ1v) is 8.35. The molecule has 6 heteroatoms. The van der Waals surface area contributed by atoms with Gasteiger partial charge in [0.05, 0.1) is 4.90 Å². The summed E-state index contributed by atoms with van der Waals surface area (Å²) in [4.78, 5) is 11.7. The number of para-hydroxylation sites is 1. The number of hydrogen-bond donors (Lipinski definition) is 2. The first kappa shape index (κ1) is 16.0. The minimum atomic E-state index is -3.64. The smallest absolute Gasteiger partial charge is 0.261 e. The molecule has 1 amide bonds. The van der Waals surface area contributed by atoms with Crippen LogP contribution in [0.4, 0.5) is 11.4 Å². The van der Waals surface area contributed by atoms with Crippen molar-refractivity contribution in [2.45, 2.75) is 18.7 Å². The lowest BCUT2D eigenvalue weighted by Crippen LogP contribution is -2.18. The van der Waals surface area contributed by atoms with Gasteiger partial charge in [0.15, 0.2) is 0 Å². The van der Waals surface area contributed by atoms with Crippen LogP contribution in [0, 0.1) is 5.92 Å². The molecule has 2 N–H and O–H groups in total. The molecule has 0 saturated carbocycles. The predicted molar refractivity (Wildman–Crippen MR) is 87.2 cm³/mol. The standard InChI is InChI=1S/C16H18N2O3S/c1-12(2)16(19)17-13-8-10-15(11-9-13)22(20,21)18-14-6-4-3-5-7-14/h3-12,18H,1-2H3,(H,17,19). The number of benzene rings is 2. The topological polar surface area (TPSA) is 75.3 Å². The molecular formula is C16H18N2O3S. The molecule has 0 aliphatic heterocycles. The van der Waals surface area contributed by atoms with Crippen LogP contribution < -0.4 is 10.0 Å². The summed E-state index contributed by atoms with van der Waals surface area (Å²) >= 11 is 0. The summed E-state index contributed by atoms with van der Waals surface area (Å²) in [5.41, 5.74) is 1.07. The maximum absolute atomic E-state index is 12.2. The molecule has 0 atom stereocenters. The Morgan fingerprint density at radius 2 is 1.50 bits per heavy atom. The van der Waals surface area contributed by atoms with Crippen molar-refractivity contribution in [2.75, 3.05) is 10.0 Å². The summed E-state index contributed by atoms with van der Waals surface area (Å²) < 4.78 is 27.0. The highest BCUT2D eigenvalue weighted by molar-refractivity contribution is 7.92. The van der Waals surface area contributed by atoms with E-state index in [0.29, 0.717) is 11.4 Å². The van der Waals surface area contributed by atoms with Crippen LogP contribution in [0.3, 0.4) is 0 Å². The maximum atomic E-state index is 12.2. The van der Waals surface area contributed by atoms with Crippen LogP contribution >= 0.6 is 0 Å². The molecule has 2 rings (SSSR count). The molecule has 5 nitrogen and oxygen atoms in total. The van der Waals surface area contributed by atoms with Crippen LogP contribution in [-0.2, 0) is 14.8 Å². The van der Waals surface area contributed by atoms with E-state index in [4.69, 9.17) is 0 Å². The molecular weight excluding hydrogens is 300 g/mol. The third-order valence-corrected chi connectivity index (χ3v) is 4.38. The Hall–Kier alpha value is -2.34. The zero-order valence-electron chi connectivity index (χ0n) is 12.4. The molecule has 116 valence electrons. The molecule has 0 saturated heterocycles. The third kappa shape index (κ3) is 4.08. The summed E-state index contributed by atoms with van der Waals surface area (Å²) in [5.74, 6) is -0.249. The molecule has 0 aliphatic rings. The van der Waals surface area contributed by atoms with Gasteiger partial charge in [-0.05, 0) is 36.4 Å². The Labute approximate surface area is 130 Å². The van der Waals surface area contributed by atoms with Crippen LogP contribution in [0.5, 0.6) is 0 Å². The summed E-state index contributed by atoms with van der Waals surface area (Å²) in [6.07, 6.45) is 0. The van der Waals surface area contributed by atoms with Gasteiger partial charge >= 0.3 is 0 Å². The highest BCUT2D eigenvalue weighted by Crippen LogP contribution is 2.18. The molecule has 2 aromatic carbocycles. The second kappa shape index (κ2) is 6.62. The monoisotopic (exact) mass is 318 g/mol. The van der Waals surface area contributed by atoms with Gasteiger partial charge in [0.2, 0.25) is 5.91 Å². The first-order chi connectivity index (χ1) is 10.4. The van der Waals surface area contributed by atoms with Crippen molar-refractivity contribution in [2.24, 2.45) is 5.92 Å². The van der Waals surface area contributed by atoms with Gasteiger partial charge < -0.3 is 5.32 Å². The van der Waals surface area contributed by atoms with E-state index in [-0.39, 0.29) is 16.7 Å². The van der Waals surface area contributed by atoms with E-state index in [0.717, 1.165) is 0 Å². The number of anilines is 2. The van der Waals surface area contributed by atoms with Crippen molar-refractivity contribution in [1.29, 1.82) is 0 Å². The molecule has 0 bridgehead atoms. The quantitative estimate of drug-likeness (QED) is 0.889. The van der Waals surface area contributed by atoms with Gasteiger partial charge in [-0.25, -0.2) is 8.42 Å². The van der Waals surface area contributed by atoms with Crippen molar-refractivity contribution in [3.63, 3.8) is 0 Å². The van der Waals surface area contributed by atoms with E-state index in [1.165, 1.54) is 12.1 Å². The van der Waals surface area contributed by atoms with Crippen LogP contribution in [0.1, 0.15) is 13.8 Å². The zero-order valence-corrected chi connectivity index (χ0v) is 13.2. The van der Waals surface area contributed by atoms with E-state index < -0.39 is 10.0 Å². The van der Waals surface area contributed by atoms with Crippen LogP contribution in [0.15, 0.2) is 59.5 Å². The zero-order chi connectivity index (χ0) is 16.2. The molecule has 0 fully saturated rings. The molecule has 0 radical (unpaired) electrons. The molecule has 22 heavy (non-hydrogen) atoms. The predicted octanol–water partition coefficient (Wildman–Crippen LogP) is 3.08. The summed E-state index contributed by atoms with van der Waals surface area (Å²) in [6.45, 7) is 3.58. The van der Waals surface area contributed by atoms with E-state index in [2.05, 4.69) is 10.0 Å². The van der Waals surface area contributed by atoms with Gasteiger partial charge in [0.1, 0.15) is 0 Å². The van der Waals surface area contributed by atoms with E-state index >= 15 is 0 Å². The Bertz CT molecular complexity index is 739. The number of nitrogens with one attached hydrogen (secondary N) is 2. The lowest BCUT2D eigenvalue weighted by atomic mass is 10.2. The molecule has 0 aliphatic carbocycles. The SMILES string of the molecule is CC(C)C(=O)Nc1ccc(S(=O)(=O)Nc2ccccc2)cc1. The minimum Gasteiger partial charge on any atom is -0.326 e. The lowest BCUT2D eigenvalue weighted by molar-refractivity contribution is -0.118. The fourth-order valence-electron chi connectivity index (χ4n) is 1.72. The number of hydrogen-bond acceptors (Lipinski definition) is 3. The second-order valence-corrected chi connectivity index (χ2v) is 6.82. The van der Waals surface area contributed by atoms with E-state index in [9.17, 15) is 13.2 Å². The average molecular weight is 318 g/mol.